The number of halogens is 1. The second-order valence-electron chi connectivity index (χ2n) is 4.59. The van der Waals surface area contributed by atoms with Crippen LogP contribution in [-0.4, -0.2) is 43.1 Å². The highest BCUT2D eigenvalue weighted by Crippen LogP contribution is 2.23. The van der Waals surface area contributed by atoms with Crippen molar-refractivity contribution in [1.82, 2.24) is 9.78 Å². The zero-order valence-corrected chi connectivity index (χ0v) is 14.0. The van der Waals surface area contributed by atoms with Gasteiger partial charge in [-0.05, 0) is 24.3 Å². The number of nitrogens with zero attached hydrogens (tertiary/aromatic N) is 2. The van der Waals surface area contributed by atoms with Gasteiger partial charge < -0.3 is 19.5 Å². The van der Waals surface area contributed by atoms with E-state index in [0.29, 0.717) is 10.7 Å². The first kappa shape index (κ1) is 17.9. The standard InChI is InChI=1S/C15H16ClN3O5/c1-22-13(20)11-8-17-19(12(11)14(23-2)24-3)15(21)18-10-6-4-9(16)5-7-10/h4-8,14H,1-3H3,(H,18,21). The highest BCUT2D eigenvalue weighted by atomic mass is 35.5. The third-order valence-electron chi connectivity index (χ3n) is 3.15. The van der Waals surface area contributed by atoms with Gasteiger partial charge in [0.05, 0.1) is 13.3 Å². The van der Waals surface area contributed by atoms with E-state index >= 15 is 0 Å². The summed E-state index contributed by atoms with van der Waals surface area (Å²) < 4.78 is 16.0. The number of ether oxygens (including phenoxy) is 3. The summed E-state index contributed by atoms with van der Waals surface area (Å²) in [5.74, 6) is -0.658. The Morgan fingerprint density at radius 2 is 1.79 bits per heavy atom. The van der Waals surface area contributed by atoms with E-state index < -0.39 is 18.3 Å². The van der Waals surface area contributed by atoms with Crippen molar-refractivity contribution in [3.63, 3.8) is 0 Å². The Morgan fingerprint density at radius 1 is 1.17 bits per heavy atom. The van der Waals surface area contributed by atoms with Crippen molar-refractivity contribution in [3.05, 3.63) is 46.7 Å². The smallest absolute Gasteiger partial charge is 0.346 e. The van der Waals surface area contributed by atoms with Crippen LogP contribution in [0.1, 0.15) is 22.3 Å². The number of amides is 1. The summed E-state index contributed by atoms with van der Waals surface area (Å²) in [5, 5.41) is 7.11. The van der Waals surface area contributed by atoms with Gasteiger partial charge in [0.25, 0.3) is 0 Å². The molecule has 0 fully saturated rings. The molecule has 1 aromatic carbocycles. The van der Waals surface area contributed by atoms with Crippen LogP contribution in [0.25, 0.3) is 0 Å². The van der Waals surface area contributed by atoms with Gasteiger partial charge in [-0.1, -0.05) is 11.6 Å². The number of carbonyl (C=O) groups is 2. The van der Waals surface area contributed by atoms with Gasteiger partial charge in [0.1, 0.15) is 11.3 Å². The normalized spacial score (nSPS) is 10.7. The van der Waals surface area contributed by atoms with Gasteiger partial charge >= 0.3 is 12.0 Å². The summed E-state index contributed by atoms with van der Waals surface area (Å²) in [6, 6.07) is 5.94. The predicted molar refractivity (Wildman–Crippen MR) is 86.2 cm³/mol. The quantitative estimate of drug-likeness (QED) is 0.656. The van der Waals surface area contributed by atoms with Gasteiger partial charge in [0, 0.05) is 24.9 Å². The molecule has 9 heteroatoms. The molecule has 0 spiro atoms. The van der Waals surface area contributed by atoms with Crippen LogP contribution in [-0.2, 0) is 14.2 Å². The molecule has 0 radical (unpaired) electrons. The molecule has 0 bridgehead atoms. The number of hydrogen-bond acceptors (Lipinski definition) is 6. The Hall–Kier alpha value is -2.42. The van der Waals surface area contributed by atoms with E-state index in [1.54, 1.807) is 24.3 Å². The summed E-state index contributed by atoms with van der Waals surface area (Å²) in [6.45, 7) is 0. The van der Waals surface area contributed by atoms with E-state index in [1.807, 2.05) is 0 Å². The van der Waals surface area contributed by atoms with Crippen molar-refractivity contribution >= 4 is 29.3 Å². The van der Waals surface area contributed by atoms with Crippen LogP contribution in [0.3, 0.4) is 0 Å². The Morgan fingerprint density at radius 3 is 2.33 bits per heavy atom. The van der Waals surface area contributed by atoms with E-state index in [0.717, 1.165) is 4.68 Å². The molecule has 0 unspecified atom stereocenters. The molecular formula is C15H16ClN3O5. The van der Waals surface area contributed by atoms with E-state index in [9.17, 15) is 9.59 Å². The van der Waals surface area contributed by atoms with Crippen LogP contribution < -0.4 is 5.32 Å². The Kier molecular flexibility index (Phi) is 5.91. The molecule has 1 amide bonds. The molecule has 8 nitrogen and oxygen atoms in total. The fourth-order valence-corrected chi connectivity index (χ4v) is 2.17. The molecule has 0 atom stereocenters. The first-order valence-electron chi connectivity index (χ1n) is 6.80. The Labute approximate surface area is 143 Å². The van der Waals surface area contributed by atoms with E-state index in [4.69, 9.17) is 25.8 Å². The van der Waals surface area contributed by atoms with Gasteiger partial charge in [-0.3, -0.25) is 0 Å². The van der Waals surface area contributed by atoms with Crippen molar-refractivity contribution in [3.8, 4) is 0 Å². The maximum atomic E-state index is 12.5. The van der Waals surface area contributed by atoms with Gasteiger partial charge in [-0.2, -0.15) is 9.78 Å². The fraction of sp³-hybridized carbons (Fsp3) is 0.267. The Bertz CT molecular complexity index is 725. The van der Waals surface area contributed by atoms with Crippen LogP contribution >= 0.6 is 11.6 Å². The molecule has 1 aromatic heterocycles. The molecule has 128 valence electrons. The van der Waals surface area contributed by atoms with Crippen LogP contribution in [0, 0.1) is 0 Å². The fourth-order valence-electron chi connectivity index (χ4n) is 2.04. The van der Waals surface area contributed by atoms with Crippen LogP contribution in [0.5, 0.6) is 0 Å². The minimum atomic E-state index is -0.974. The third kappa shape index (κ3) is 3.73. The Balaban J connectivity index is 2.37. The topological polar surface area (TPSA) is 91.7 Å². The second-order valence-corrected chi connectivity index (χ2v) is 5.02. The van der Waals surface area contributed by atoms with E-state index in [-0.39, 0.29) is 11.3 Å². The highest BCUT2D eigenvalue weighted by Gasteiger charge is 2.28. The van der Waals surface area contributed by atoms with Gasteiger partial charge in [0.15, 0.2) is 0 Å². The summed E-state index contributed by atoms with van der Waals surface area (Å²) >= 11 is 5.81. The number of methoxy groups -OCH3 is 3. The highest BCUT2D eigenvalue weighted by molar-refractivity contribution is 6.30. The minimum absolute atomic E-state index is 0.0671. The molecule has 2 aromatic rings. The number of carbonyl (C=O) groups excluding carboxylic acids is 2. The molecule has 0 aliphatic rings. The molecule has 0 aliphatic heterocycles. The summed E-state index contributed by atoms with van der Waals surface area (Å²) in [5.41, 5.74) is 0.702. The van der Waals surface area contributed by atoms with Crippen molar-refractivity contribution in [2.45, 2.75) is 6.29 Å². The maximum Gasteiger partial charge on any atom is 0.346 e. The average molecular weight is 354 g/mol. The van der Waals surface area contributed by atoms with Crippen LogP contribution in [0.2, 0.25) is 5.02 Å². The van der Waals surface area contributed by atoms with Gasteiger partial charge in [0.2, 0.25) is 6.29 Å². The SMILES string of the molecule is COC(=O)c1cnn(C(=O)Nc2ccc(Cl)cc2)c1C(OC)OC. The van der Waals surface area contributed by atoms with Crippen LogP contribution in [0.4, 0.5) is 10.5 Å². The van der Waals surface area contributed by atoms with Gasteiger partial charge in [-0.25, -0.2) is 9.59 Å². The predicted octanol–water partition coefficient (Wildman–Crippen LogP) is 2.69. The number of esters is 1. The lowest BCUT2D eigenvalue weighted by atomic mass is 10.2. The lowest BCUT2D eigenvalue weighted by Crippen LogP contribution is -2.26. The lowest BCUT2D eigenvalue weighted by molar-refractivity contribution is -0.110. The number of benzene rings is 1. The molecular weight excluding hydrogens is 338 g/mol. The van der Waals surface area contributed by atoms with Crippen molar-refractivity contribution in [1.29, 1.82) is 0 Å². The average Bonchev–Trinajstić information content (AvgIpc) is 3.02. The summed E-state index contributed by atoms with van der Waals surface area (Å²) in [7, 11) is 3.99. The number of anilines is 1. The maximum absolute atomic E-state index is 12.5. The van der Waals surface area contributed by atoms with E-state index in [1.165, 1.54) is 27.5 Å². The summed E-state index contributed by atoms with van der Waals surface area (Å²) in [4.78, 5) is 24.3. The number of aromatic nitrogens is 2. The number of rotatable bonds is 5. The monoisotopic (exact) mass is 353 g/mol. The molecule has 1 N–H and O–H groups in total. The first-order valence-corrected chi connectivity index (χ1v) is 7.18. The largest absolute Gasteiger partial charge is 0.465 e. The number of hydrogen-bond donors (Lipinski definition) is 1. The molecule has 0 saturated carbocycles. The second kappa shape index (κ2) is 7.91. The summed E-state index contributed by atoms with van der Waals surface area (Å²) in [6.07, 6.45) is 0.241. The van der Waals surface area contributed by atoms with E-state index in [2.05, 4.69) is 10.4 Å². The van der Waals surface area contributed by atoms with Gasteiger partial charge in [-0.15, -0.1) is 0 Å². The molecule has 0 saturated heterocycles. The number of nitrogens with one attached hydrogen (secondary N) is 1. The van der Waals surface area contributed by atoms with Crippen molar-refractivity contribution in [2.24, 2.45) is 0 Å². The zero-order chi connectivity index (χ0) is 17.7. The minimum Gasteiger partial charge on any atom is -0.465 e. The van der Waals surface area contributed by atoms with Crippen molar-refractivity contribution in [2.75, 3.05) is 26.6 Å². The first-order chi connectivity index (χ1) is 11.5. The molecule has 0 aliphatic carbocycles. The lowest BCUT2D eigenvalue weighted by Gasteiger charge is -2.16. The zero-order valence-electron chi connectivity index (χ0n) is 13.3. The van der Waals surface area contributed by atoms with Crippen LogP contribution in [0.15, 0.2) is 30.5 Å². The van der Waals surface area contributed by atoms with Crippen molar-refractivity contribution < 1.29 is 23.8 Å². The third-order valence-corrected chi connectivity index (χ3v) is 3.40. The molecule has 24 heavy (non-hydrogen) atoms. The molecule has 2 rings (SSSR count). The molecule has 1 heterocycles.